The van der Waals surface area contributed by atoms with Gasteiger partial charge < -0.3 is 10.1 Å². The normalized spacial score (nSPS) is 13.3. The fourth-order valence-corrected chi connectivity index (χ4v) is 5.91. The maximum atomic E-state index is 14.8. The van der Waals surface area contributed by atoms with E-state index in [9.17, 15) is 22.4 Å². The van der Waals surface area contributed by atoms with Gasteiger partial charge >= 0.3 is 5.97 Å². The number of halogens is 3. The molecule has 2 aromatic carbocycles. The first-order chi connectivity index (χ1) is 16.4. The molecule has 0 saturated carbocycles. The minimum Gasteiger partial charge on any atom is -0.467 e. The van der Waals surface area contributed by atoms with E-state index in [0.29, 0.717) is 0 Å². The number of methoxy groups -OCH3 is 1. The molecule has 1 amide bonds. The highest BCUT2D eigenvalue weighted by Gasteiger charge is 2.33. The number of ether oxygens (including phenoxy) is 1. The SMILES string of the molecule is COC(=O)[C@@H](NC(=O)CCC[C@@H](C)N(c1cc(Cl)ccc1F)S(=O)(=O)c1ccccc1Cl)C(C)C. The summed E-state index contributed by atoms with van der Waals surface area (Å²) in [7, 11) is -3.03. The maximum Gasteiger partial charge on any atom is 0.328 e. The summed E-state index contributed by atoms with van der Waals surface area (Å²) in [6.45, 7) is 5.17. The zero-order chi connectivity index (χ0) is 26.3. The van der Waals surface area contributed by atoms with Gasteiger partial charge in [0.15, 0.2) is 0 Å². The van der Waals surface area contributed by atoms with Crippen LogP contribution in [-0.2, 0) is 24.3 Å². The molecule has 0 aliphatic heterocycles. The van der Waals surface area contributed by atoms with Crippen molar-refractivity contribution in [2.45, 2.75) is 57.0 Å². The number of carbonyl (C=O) groups excluding carboxylic acids is 2. The number of nitrogens with one attached hydrogen (secondary N) is 1. The van der Waals surface area contributed by atoms with E-state index in [1.807, 2.05) is 0 Å². The topological polar surface area (TPSA) is 92.8 Å². The summed E-state index contributed by atoms with van der Waals surface area (Å²) < 4.78 is 47.6. The predicted octanol–water partition coefficient (Wildman–Crippen LogP) is 5.20. The first-order valence-electron chi connectivity index (χ1n) is 11.0. The standard InChI is InChI=1S/C24H29Cl2FN2O5S/c1-15(2)23(24(31)34-4)28-22(30)11-7-8-16(3)29(20-14-17(25)12-13-19(20)27)35(32,33)21-10-6-5-9-18(21)26/h5-6,9-10,12-16,23H,7-8,11H2,1-4H3,(H,28,30)/t16-,23+/m1/s1. The van der Waals surface area contributed by atoms with Crippen LogP contribution in [0.15, 0.2) is 47.4 Å². The molecule has 0 aliphatic carbocycles. The van der Waals surface area contributed by atoms with Crippen LogP contribution in [0.1, 0.15) is 40.0 Å². The van der Waals surface area contributed by atoms with Crippen LogP contribution in [0, 0.1) is 11.7 Å². The van der Waals surface area contributed by atoms with Gasteiger partial charge in [0.2, 0.25) is 5.91 Å². The molecule has 0 spiro atoms. The average Bonchev–Trinajstić information content (AvgIpc) is 2.79. The third-order valence-corrected chi connectivity index (χ3v) is 8.05. The van der Waals surface area contributed by atoms with Gasteiger partial charge in [-0.3, -0.25) is 9.10 Å². The Labute approximate surface area is 215 Å². The van der Waals surface area contributed by atoms with E-state index in [4.69, 9.17) is 27.9 Å². The molecule has 0 saturated heterocycles. The van der Waals surface area contributed by atoms with E-state index in [1.165, 1.54) is 37.4 Å². The lowest BCUT2D eigenvalue weighted by Crippen LogP contribution is -2.45. The minimum absolute atomic E-state index is 0.00551. The monoisotopic (exact) mass is 546 g/mol. The number of carbonyl (C=O) groups is 2. The number of benzene rings is 2. The molecule has 7 nitrogen and oxygen atoms in total. The van der Waals surface area contributed by atoms with E-state index in [-0.39, 0.29) is 51.7 Å². The van der Waals surface area contributed by atoms with Gasteiger partial charge in [0.05, 0.1) is 17.8 Å². The summed E-state index contributed by atoms with van der Waals surface area (Å²) in [5.74, 6) is -1.87. The van der Waals surface area contributed by atoms with E-state index in [1.54, 1.807) is 26.8 Å². The van der Waals surface area contributed by atoms with E-state index in [0.717, 1.165) is 10.4 Å². The quantitative estimate of drug-likeness (QED) is 0.391. The zero-order valence-electron chi connectivity index (χ0n) is 19.9. The molecule has 35 heavy (non-hydrogen) atoms. The molecular formula is C24H29Cl2FN2O5S. The Morgan fingerprint density at radius 3 is 2.37 bits per heavy atom. The number of rotatable bonds is 11. The molecule has 0 unspecified atom stereocenters. The Hall–Kier alpha value is -2.36. The molecule has 1 N–H and O–H groups in total. The van der Waals surface area contributed by atoms with Crippen molar-refractivity contribution < 1.29 is 27.1 Å². The van der Waals surface area contributed by atoms with Crippen LogP contribution in [0.25, 0.3) is 0 Å². The van der Waals surface area contributed by atoms with Crippen molar-refractivity contribution in [1.82, 2.24) is 5.32 Å². The van der Waals surface area contributed by atoms with Crippen molar-refractivity contribution in [3.8, 4) is 0 Å². The third kappa shape index (κ3) is 7.32. The molecule has 0 aromatic heterocycles. The highest BCUT2D eigenvalue weighted by molar-refractivity contribution is 7.93. The second-order valence-electron chi connectivity index (χ2n) is 8.38. The van der Waals surface area contributed by atoms with Gasteiger partial charge in [-0.2, -0.15) is 0 Å². The molecule has 0 heterocycles. The van der Waals surface area contributed by atoms with Gasteiger partial charge in [-0.1, -0.05) is 49.2 Å². The van der Waals surface area contributed by atoms with Crippen molar-refractivity contribution in [3.63, 3.8) is 0 Å². The maximum absolute atomic E-state index is 14.8. The van der Waals surface area contributed by atoms with Crippen molar-refractivity contribution in [2.24, 2.45) is 5.92 Å². The summed E-state index contributed by atoms with van der Waals surface area (Å²) in [6.07, 6.45) is 0.520. The summed E-state index contributed by atoms with van der Waals surface area (Å²) >= 11 is 12.2. The lowest BCUT2D eigenvalue weighted by molar-refractivity contribution is -0.146. The Bertz CT molecular complexity index is 1160. The molecule has 2 aromatic rings. The van der Waals surface area contributed by atoms with Gasteiger partial charge in [0.1, 0.15) is 16.8 Å². The molecule has 0 aliphatic rings. The zero-order valence-corrected chi connectivity index (χ0v) is 22.3. The number of nitrogens with zero attached hydrogens (tertiary/aromatic N) is 1. The summed E-state index contributed by atoms with van der Waals surface area (Å²) in [5.41, 5.74) is -0.222. The van der Waals surface area contributed by atoms with Crippen LogP contribution in [0.4, 0.5) is 10.1 Å². The first-order valence-corrected chi connectivity index (χ1v) is 13.2. The lowest BCUT2D eigenvalue weighted by atomic mass is 10.0. The second kappa shape index (κ2) is 12.6. The van der Waals surface area contributed by atoms with Gasteiger partial charge in [0, 0.05) is 17.5 Å². The van der Waals surface area contributed by atoms with Crippen LogP contribution in [0.5, 0.6) is 0 Å². The molecule has 2 rings (SSSR count). The number of hydrogen-bond acceptors (Lipinski definition) is 5. The summed E-state index contributed by atoms with van der Waals surface area (Å²) in [6, 6.07) is 7.99. The molecular weight excluding hydrogens is 518 g/mol. The molecule has 0 fully saturated rings. The van der Waals surface area contributed by atoms with E-state index in [2.05, 4.69) is 5.32 Å². The summed E-state index contributed by atoms with van der Waals surface area (Å²) in [4.78, 5) is 24.1. The number of sulfonamides is 1. The molecule has 0 bridgehead atoms. The van der Waals surface area contributed by atoms with Gasteiger partial charge in [-0.05, 0) is 56.0 Å². The Balaban J connectivity index is 2.27. The third-order valence-electron chi connectivity index (χ3n) is 5.38. The van der Waals surface area contributed by atoms with Crippen molar-refractivity contribution in [2.75, 3.05) is 11.4 Å². The highest BCUT2D eigenvalue weighted by atomic mass is 35.5. The molecule has 11 heteroatoms. The van der Waals surface area contributed by atoms with Crippen LogP contribution < -0.4 is 9.62 Å². The fourth-order valence-electron chi connectivity index (χ4n) is 3.56. The van der Waals surface area contributed by atoms with Gasteiger partial charge in [-0.25, -0.2) is 17.6 Å². The number of amides is 1. The van der Waals surface area contributed by atoms with Crippen molar-refractivity contribution in [3.05, 3.63) is 58.3 Å². The van der Waals surface area contributed by atoms with Crippen molar-refractivity contribution >= 4 is 50.8 Å². The summed E-state index contributed by atoms with van der Waals surface area (Å²) in [5, 5.41) is 2.80. The van der Waals surface area contributed by atoms with E-state index >= 15 is 0 Å². The average molecular weight is 547 g/mol. The predicted molar refractivity (Wildman–Crippen MR) is 135 cm³/mol. The highest BCUT2D eigenvalue weighted by Crippen LogP contribution is 2.34. The minimum atomic E-state index is -4.28. The van der Waals surface area contributed by atoms with Crippen LogP contribution >= 0.6 is 23.2 Å². The number of hydrogen-bond donors (Lipinski definition) is 1. The van der Waals surface area contributed by atoms with E-state index < -0.39 is 33.9 Å². The lowest BCUT2D eigenvalue weighted by Gasteiger charge is -2.31. The second-order valence-corrected chi connectivity index (χ2v) is 11.0. The largest absolute Gasteiger partial charge is 0.467 e. The van der Waals surface area contributed by atoms with Crippen LogP contribution in [-0.4, -0.2) is 39.5 Å². The van der Waals surface area contributed by atoms with Crippen LogP contribution in [0.2, 0.25) is 10.0 Å². The Kier molecular flexibility index (Phi) is 10.4. The molecule has 192 valence electrons. The number of esters is 1. The Morgan fingerprint density at radius 2 is 1.77 bits per heavy atom. The fraction of sp³-hybridized carbons (Fsp3) is 0.417. The first kappa shape index (κ1) is 28.9. The molecule has 2 atom stereocenters. The van der Waals surface area contributed by atoms with Gasteiger partial charge in [0.25, 0.3) is 10.0 Å². The van der Waals surface area contributed by atoms with Gasteiger partial charge in [-0.15, -0.1) is 0 Å². The van der Waals surface area contributed by atoms with Crippen LogP contribution in [0.3, 0.4) is 0 Å². The smallest absolute Gasteiger partial charge is 0.328 e. The number of anilines is 1. The molecule has 0 radical (unpaired) electrons. The Morgan fingerprint density at radius 1 is 1.11 bits per heavy atom. The van der Waals surface area contributed by atoms with Crippen molar-refractivity contribution in [1.29, 1.82) is 0 Å².